The number of benzene rings is 1. The van der Waals surface area contributed by atoms with Crippen LogP contribution in [0.3, 0.4) is 0 Å². The minimum atomic E-state index is -1.16. The summed E-state index contributed by atoms with van der Waals surface area (Å²) in [4.78, 5) is 22.1. The van der Waals surface area contributed by atoms with Gasteiger partial charge in [-0.25, -0.2) is 0 Å². The lowest BCUT2D eigenvalue weighted by Gasteiger charge is -2.01. The summed E-state index contributed by atoms with van der Waals surface area (Å²) in [5.74, 6) is -1.87. The van der Waals surface area contributed by atoms with Gasteiger partial charge in [-0.15, -0.1) is 0 Å². The van der Waals surface area contributed by atoms with Gasteiger partial charge < -0.3 is 5.11 Å². The van der Waals surface area contributed by atoms with Gasteiger partial charge in [-0.2, -0.15) is 0 Å². The molecule has 1 rings (SSSR count). The van der Waals surface area contributed by atoms with Crippen LogP contribution < -0.4 is 0 Å². The van der Waals surface area contributed by atoms with E-state index in [-0.39, 0.29) is 22.0 Å². The lowest BCUT2D eigenvalue weighted by Crippen LogP contribution is -2.03. The number of hydrogen-bond donors (Lipinski definition) is 1. The van der Waals surface area contributed by atoms with Crippen molar-refractivity contribution >= 4 is 35.0 Å². The van der Waals surface area contributed by atoms with Crippen molar-refractivity contribution in [2.75, 3.05) is 0 Å². The lowest BCUT2D eigenvalue weighted by atomic mass is 10.1. The van der Waals surface area contributed by atoms with Crippen molar-refractivity contribution in [3.63, 3.8) is 0 Å². The first-order chi connectivity index (χ1) is 8.27. The summed E-state index contributed by atoms with van der Waals surface area (Å²) in [6.45, 7) is 0. The van der Waals surface area contributed by atoms with Gasteiger partial charge in [-0.1, -0.05) is 23.2 Å². The fraction of sp³-hybridized carbons (Fsp3) is 0.200. The molecular weight excluding hydrogens is 239 g/mol. The Morgan fingerprint density at radius 2 is 1.93 bits per heavy atom. The number of carboxylic acids is 1. The van der Waals surface area contributed by atoms with Gasteiger partial charge in [0, 0.05) is 12.0 Å². The summed E-state index contributed by atoms with van der Waals surface area (Å²) in [6, 6.07) is -1.40. The third kappa shape index (κ3) is 3.53. The number of carboxylic acid groups (broad SMARTS) is 1. The normalized spacial score (nSPS) is 12.8. The molecule has 0 saturated carbocycles. The van der Waals surface area contributed by atoms with Crippen LogP contribution in [0.15, 0.2) is 18.1 Å². The smallest absolute Gasteiger partial charge is 0.303 e. The molecule has 0 atom stereocenters. The van der Waals surface area contributed by atoms with Crippen molar-refractivity contribution in [2.45, 2.75) is 12.8 Å². The highest BCUT2D eigenvalue weighted by Gasteiger charge is 2.09. The molecule has 1 aromatic rings. The van der Waals surface area contributed by atoms with Crippen LogP contribution in [-0.2, 0) is 4.79 Å². The molecule has 0 bridgehead atoms. The highest BCUT2D eigenvalue weighted by molar-refractivity contribution is 6.42. The van der Waals surface area contributed by atoms with Gasteiger partial charge in [0.1, 0.15) is 0 Å². The van der Waals surface area contributed by atoms with Gasteiger partial charge in [0.15, 0.2) is 5.78 Å². The highest BCUT2D eigenvalue weighted by Crippen LogP contribution is 2.23. The number of halogens is 2. The summed E-state index contributed by atoms with van der Waals surface area (Å²) in [5, 5.41) is 7.93. The zero-order chi connectivity index (χ0) is 14.0. The minimum absolute atomic E-state index is 0.263. The molecule has 3 nitrogen and oxygen atoms in total. The number of aliphatic carboxylic acids is 1. The Hall–Kier alpha value is -1.06. The van der Waals surface area contributed by atoms with Crippen LogP contribution in [0.5, 0.6) is 0 Å². The second-order valence-corrected chi connectivity index (χ2v) is 3.45. The molecule has 1 aromatic carbocycles. The number of Topliss-reactive ketones (excluding diaryl/α,β-unsaturated/α-hetero) is 1. The van der Waals surface area contributed by atoms with E-state index < -0.39 is 36.3 Å². The van der Waals surface area contributed by atoms with E-state index in [1.807, 2.05) is 0 Å². The van der Waals surface area contributed by atoms with E-state index in [2.05, 4.69) is 0 Å². The standard InChI is InChI=1S/C10H8Cl2O3/c11-7-2-1-6(5-8(7)12)9(13)3-4-10(14)15/h1-2,5H,3-4H2,(H,14,15)/i1D,2D,5D. The first-order valence-corrected chi connectivity index (χ1v) is 4.72. The SMILES string of the molecule is [2H]c1c([2H])c(C(=O)CCC(=O)O)c([2H])c(Cl)c1Cl. The highest BCUT2D eigenvalue weighted by atomic mass is 35.5. The molecule has 15 heavy (non-hydrogen) atoms. The molecule has 0 saturated heterocycles. The molecule has 5 heteroatoms. The molecule has 80 valence electrons. The third-order valence-electron chi connectivity index (χ3n) is 1.57. The summed E-state index contributed by atoms with van der Waals surface area (Å²) >= 11 is 11.3. The Balaban J connectivity index is 3.24. The van der Waals surface area contributed by atoms with Crippen LogP contribution in [-0.4, -0.2) is 16.9 Å². The quantitative estimate of drug-likeness (QED) is 0.835. The second-order valence-electron chi connectivity index (χ2n) is 2.69. The van der Waals surface area contributed by atoms with Crippen LogP contribution >= 0.6 is 23.2 Å². The molecule has 0 radical (unpaired) electrons. The molecular formula is C10H8Cl2O3. The number of hydrogen-bond acceptors (Lipinski definition) is 2. The molecule has 0 heterocycles. The number of ketones is 1. The van der Waals surface area contributed by atoms with Crippen molar-refractivity contribution < 1.29 is 18.8 Å². The maximum Gasteiger partial charge on any atom is 0.303 e. The van der Waals surface area contributed by atoms with E-state index in [0.29, 0.717) is 0 Å². The first kappa shape index (κ1) is 8.13. The van der Waals surface area contributed by atoms with Gasteiger partial charge >= 0.3 is 5.97 Å². The second kappa shape index (κ2) is 5.14. The van der Waals surface area contributed by atoms with Crippen LogP contribution in [0, 0.1) is 0 Å². The monoisotopic (exact) mass is 249 g/mol. The summed E-state index contributed by atoms with van der Waals surface area (Å²) in [5.41, 5.74) is -0.365. The van der Waals surface area contributed by atoms with Crippen LogP contribution in [0.25, 0.3) is 0 Å². The van der Waals surface area contributed by atoms with E-state index in [0.717, 1.165) is 0 Å². The third-order valence-corrected chi connectivity index (χ3v) is 2.23. The first-order valence-electron chi connectivity index (χ1n) is 5.47. The maximum atomic E-state index is 11.7. The molecule has 0 aromatic heterocycles. The van der Waals surface area contributed by atoms with Crippen molar-refractivity contribution in [2.24, 2.45) is 0 Å². The van der Waals surface area contributed by atoms with Gasteiger partial charge in [0.2, 0.25) is 0 Å². The van der Waals surface area contributed by atoms with E-state index in [4.69, 9.17) is 32.4 Å². The molecule has 0 fully saturated rings. The average Bonchev–Trinajstić information content (AvgIpc) is 2.31. The fourth-order valence-corrected chi connectivity index (χ4v) is 1.09. The molecule has 0 aliphatic carbocycles. The Bertz CT molecular complexity index is 503. The molecule has 0 spiro atoms. The van der Waals surface area contributed by atoms with Gasteiger partial charge in [-0.05, 0) is 18.1 Å². The van der Waals surface area contributed by atoms with Gasteiger partial charge in [0.25, 0.3) is 0 Å². The predicted octanol–water partition coefficient (Wildman–Crippen LogP) is 3.04. The number of rotatable bonds is 4. The topological polar surface area (TPSA) is 54.4 Å². The predicted molar refractivity (Wildman–Crippen MR) is 57.7 cm³/mol. The zero-order valence-electron chi connectivity index (χ0n) is 10.4. The van der Waals surface area contributed by atoms with Gasteiger partial charge in [-0.3, -0.25) is 9.59 Å². The van der Waals surface area contributed by atoms with E-state index >= 15 is 0 Å². The van der Waals surface area contributed by atoms with Crippen LogP contribution in [0.2, 0.25) is 10.0 Å². The van der Waals surface area contributed by atoms with Crippen LogP contribution in [0.4, 0.5) is 0 Å². The largest absolute Gasteiger partial charge is 0.481 e. The Labute approximate surface area is 101 Å². The van der Waals surface area contributed by atoms with Crippen LogP contribution in [0.1, 0.15) is 27.3 Å². The van der Waals surface area contributed by atoms with Gasteiger partial charge in [0.05, 0.1) is 20.6 Å². The molecule has 0 unspecified atom stereocenters. The summed E-state index contributed by atoms with van der Waals surface area (Å²) < 4.78 is 22.6. The molecule has 0 aliphatic heterocycles. The number of carbonyl (C=O) groups is 2. The van der Waals surface area contributed by atoms with Crippen molar-refractivity contribution in [3.8, 4) is 0 Å². The molecule has 0 aliphatic rings. The maximum absolute atomic E-state index is 11.7. The summed E-state index contributed by atoms with van der Waals surface area (Å²) in [7, 11) is 0. The van der Waals surface area contributed by atoms with E-state index in [1.165, 1.54) is 0 Å². The van der Waals surface area contributed by atoms with Crippen molar-refractivity contribution in [1.82, 2.24) is 0 Å². The van der Waals surface area contributed by atoms with E-state index in [1.54, 1.807) is 0 Å². The summed E-state index contributed by atoms with van der Waals surface area (Å²) in [6.07, 6.45) is -0.768. The Morgan fingerprint density at radius 1 is 1.27 bits per heavy atom. The van der Waals surface area contributed by atoms with Crippen molar-refractivity contribution in [1.29, 1.82) is 0 Å². The minimum Gasteiger partial charge on any atom is -0.481 e. The average molecular weight is 250 g/mol. The zero-order valence-corrected chi connectivity index (χ0v) is 8.95. The molecule has 1 N–H and O–H groups in total. The molecule has 0 amide bonds. The van der Waals surface area contributed by atoms with Crippen molar-refractivity contribution in [3.05, 3.63) is 33.7 Å². The van der Waals surface area contributed by atoms with E-state index in [9.17, 15) is 9.59 Å². The number of carbonyl (C=O) groups excluding carboxylic acids is 1. The Morgan fingerprint density at radius 3 is 2.53 bits per heavy atom. The lowest BCUT2D eigenvalue weighted by molar-refractivity contribution is -0.136. The fourth-order valence-electron chi connectivity index (χ4n) is 0.853. The Kier molecular flexibility index (Phi) is 2.79.